The van der Waals surface area contributed by atoms with Crippen LogP contribution in [-0.4, -0.2) is 44.8 Å². The van der Waals surface area contributed by atoms with Gasteiger partial charge in [0.1, 0.15) is 0 Å². The average Bonchev–Trinajstić information content (AvgIpc) is 2.71. The van der Waals surface area contributed by atoms with Crippen LogP contribution in [0.4, 0.5) is 5.82 Å². The lowest BCUT2D eigenvalue weighted by Gasteiger charge is -2.13. The molecule has 1 aliphatic rings. The van der Waals surface area contributed by atoms with Crippen LogP contribution in [-0.2, 0) is 0 Å². The fourth-order valence-electron chi connectivity index (χ4n) is 1.57. The first-order chi connectivity index (χ1) is 6.72. The molecule has 1 saturated heterocycles. The molecule has 0 bridgehead atoms. The number of rotatable bonds is 2. The summed E-state index contributed by atoms with van der Waals surface area (Å²) < 4.78 is 7.88. The van der Waals surface area contributed by atoms with Gasteiger partial charge in [-0.25, -0.2) is 0 Å². The van der Waals surface area contributed by atoms with E-state index in [2.05, 4.69) is 8.75 Å². The molecule has 14 heavy (non-hydrogen) atoms. The van der Waals surface area contributed by atoms with Gasteiger partial charge in [0.15, 0.2) is 11.0 Å². The van der Waals surface area contributed by atoms with Crippen LogP contribution >= 0.6 is 23.3 Å². The molecular formula is C7H10ClN3O2S. The summed E-state index contributed by atoms with van der Waals surface area (Å²) in [5.74, 6) is 0.486. The molecule has 2 N–H and O–H groups in total. The van der Waals surface area contributed by atoms with Crippen LogP contribution in [0, 0.1) is 5.92 Å². The van der Waals surface area contributed by atoms with Crippen LogP contribution in [0.25, 0.3) is 0 Å². The first kappa shape index (κ1) is 10.1. The molecule has 0 aliphatic carbocycles. The van der Waals surface area contributed by atoms with E-state index in [1.807, 2.05) is 4.90 Å². The maximum atomic E-state index is 9.56. The second-order valence-corrected chi connectivity index (χ2v) is 4.18. The summed E-state index contributed by atoms with van der Waals surface area (Å²) in [6.45, 7) is 1.01. The Morgan fingerprint density at radius 1 is 1.50 bits per heavy atom. The summed E-state index contributed by atoms with van der Waals surface area (Å²) in [5.41, 5.74) is 0. The molecule has 2 heterocycles. The zero-order valence-corrected chi connectivity index (χ0v) is 8.87. The normalized spacial score (nSPS) is 27.2. The van der Waals surface area contributed by atoms with Gasteiger partial charge < -0.3 is 15.1 Å². The van der Waals surface area contributed by atoms with Crippen molar-refractivity contribution in [1.29, 1.82) is 0 Å². The smallest absolute Gasteiger partial charge is 0.187 e. The first-order valence-corrected chi connectivity index (χ1v) is 5.35. The van der Waals surface area contributed by atoms with Gasteiger partial charge in [0, 0.05) is 19.0 Å². The van der Waals surface area contributed by atoms with E-state index < -0.39 is 6.10 Å². The summed E-state index contributed by atoms with van der Waals surface area (Å²) >= 11 is 6.85. The first-order valence-electron chi connectivity index (χ1n) is 4.24. The zero-order valence-electron chi connectivity index (χ0n) is 7.30. The van der Waals surface area contributed by atoms with Gasteiger partial charge in [0.2, 0.25) is 0 Å². The van der Waals surface area contributed by atoms with Crippen molar-refractivity contribution >= 4 is 29.1 Å². The number of anilines is 1. The van der Waals surface area contributed by atoms with Gasteiger partial charge in [0.05, 0.1) is 24.4 Å². The van der Waals surface area contributed by atoms with E-state index in [1.165, 1.54) is 0 Å². The molecule has 1 aliphatic heterocycles. The van der Waals surface area contributed by atoms with E-state index in [0.29, 0.717) is 24.1 Å². The molecular weight excluding hydrogens is 226 g/mol. The van der Waals surface area contributed by atoms with Crippen molar-refractivity contribution in [2.45, 2.75) is 6.10 Å². The van der Waals surface area contributed by atoms with E-state index in [1.54, 1.807) is 0 Å². The third kappa shape index (κ3) is 1.70. The van der Waals surface area contributed by atoms with E-state index in [-0.39, 0.29) is 12.5 Å². The molecule has 1 fully saturated rings. The molecule has 2 atom stereocenters. The fourth-order valence-corrected chi connectivity index (χ4v) is 2.35. The number of β-amino-alcohol motifs (C(OH)–C–C–N with tert-alkyl or cyclic N) is 1. The predicted molar refractivity (Wildman–Crippen MR) is 53.7 cm³/mol. The topological polar surface area (TPSA) is 69.5 Å². The molecule has 0 aromatic carbocycles. The summed E-state index contributed by atoms with van der Waals surface area (Å²) in [6, 6.07) is 0. The van der Waals surface area contributed by atoms with E-state index >= 15 is 0 Å². The van der Waals surface area contributed by atoms with Crippen molar-refractivity contribution in [3.8, 4) is 0 Å². The van der Waals surface area contributed by atoms with Crippen LogP contribution < -0.4 is 4.90 Å². The van der Waals surface area contributed by atoms with Crippen LogP contribution in [0.15, 0.2) is 0 Å². The van der Waals surface area contributed by atoms with Gasteiger partial charge >= 0.3 is 0 Å². The fraction of sp³-hybridized carbons (Fsp3) is 0.714. The quantitative estimate of drug-likeness (QED) is 0.754. The highest BCUT2D eigenvalue weighted by Gasteiger charge is 2.32. The van der Waals surface area contributed by atoms with E-state index in [0.717, 1.165) is 11.7 Å². The Labute approximate surface area is 90.3 Å². The Bertz CT molecular complexity index is 322. The van der Waals surface area contributed by atoms with Crippen molar-refractivity contribution in [1.82, 2.24) is 8.75 Å². The van der Waals surface area contributed by atoms with Crippen LogP contribution in [0.3, 0.4) is 0 Å². The molecule has 1 aromatic rings. The maximum absolute atomic E-state index is 9.56. The van der Waals surface area contributed by atoms with Gasteiger partial charge in [-0.1, -0.05) is 11.6 Å². The van der Waals surface area contributed by atoms with Crippen molar-refractivity contribution in [2.24, 2.45) is 5.92 Å². The third-order valence-electron chi connectivity index (χ3n) is 2.37. The lowest BCUT2D eigenvalue weighted by atomic mass is 10.1. The number of nitrogens with zero attached hydrogens (tertiary/aromatic N) is 3. The average molecular weight is 236 g/mol. The second-order valence-electron chi connectivity index (χ2n) is 3.29. The number of halogens is 1. The maximum Gasteiger partial charge on any atom is 0.187 e. The van der Waals surface area contributed by atoms with E-state index in [4.69, 9.17) is 16.7 Å². The van der Waals surface area contributed by atoms with Gasteiger partial charge in [0.25, 0.3) is 0 Å². The number of hydrogen-bond acceptors (Lipinski definition) is 6. The monoisotopic (exact) mass is 235 g/mol. The molecule has 78 valence electrons. The number of aliphatic hydroxyl groups excluding tert-OH is 2. The molecule has 2 unspecified atom stereocenters. The minimum atomic E-state index is -0.516. The minimum absolute atomic E-state index is 0.0210. The summed E-state index contributed by atoms with van der Waals surface area (Å²) in [6.07, 6.45) is -0.516. The van der Waals surface area contributed by atoms with E-state index in [9.17, 15) is 5.11 Å². The van der Waals surface area contributed by atoms with Crippen LogP contribution in [0.5, 0.6) is 0 Å². The lowest BCUT2D eigenvalue weighted by molar-refractivity contribution is 0.104. The molecule has 0 spiro atoms. The van der Waals surface area contributed by atoms with Crippen molar-refractivity contribution in [3.63, 3.8) is 0 Å². The number of aromatic nitrogens is 2. The Kier molecular flexibility index (Phi) is 2.87. The molecule has 0 saturated carbocycles. The summed E-state index contributed by atoms with van der Waals surface area (Å²) in [5, 5.41) is 18.9. The van der Waals surface area contributed by atoms with Crippen molar-refractivity contribution in [3.05, 3.63) is 5.15 Å². The zero-order chi connectivity index (χ0) is 10.1. The lowest BCUT2D eigenvalue weighted by Crippen LogP contribution is -2.21. The Morgan fingerprint density at radius 3 is 2.79 bits per heavy atom. The molecule has 1 aromatic heterocycles. The number of aliphatic hydroxyl groups is 2. The molecule has 7 heteroatoms. The highest BCUT2D eigenvalue weighted by Crippen LogP contribution is 2.28. The standard InChI is InChI=1S/C7H10ClN3O2S/c8-6-7(10-14-9-6)11-1-4(3-12)5(13)2-11/h4-5,12-13H,1-3H2. The van der Waals surface area contributed by atoms with Crippen LogP contribution in [0.1, 0.15) is 0 Å². The molecule has 2 rings (SSSR count). The Balaban J connectivity index is 2.12. The van der Waals surface area contributed by atoms with Gasteiger partial charge in [-0.05, 0) is 0 Å². The van der Waals surface area contributed by atoms with Gasteiger partial charge in [-0.3, -0.25) is 0 Å². The number of hydrogen-bond donors (Lipinski definition) is 2. The summed E-state index contributed by atoms with van der Waals surface area (Å²) in [4.78, 5) is 1.84. The van der Waals surface area contributed by atoms with Gasteiger partial charge in [-0.15, -0.1) is 0 Å². The largest absolute Gasteiger partial charge is 0.396 e. The molecule has 0 radical (unpaired) electrons. The minimum Gasteiger partial charge on any atom is -0.396 e. The van der Waals surface area contributed by atoms with Crippen LogP contribution in [0.2, 0.25) is 5.15 Å². The molecule has 0 amide bonds. The Hall–Kier alpha value is -0.430. The Morgan fingerprint density at radius 2 is 2.29 bits per heavy atom. The SMILES string of the molecule is OCC1CN(c2nsnc2Cl)CC1O. The highest BCUT2D eigenvalue weighted by molar-refractivity contribution is 6.99. The predicted octanol–water partition coefficient (Wildman–Crippen LogP) is -0.0191. The highest BCUT2D eigenvalue weighted by atomic mass is 35.5. The van der Waals surface area contributed by atoms with Gasteiger partial charge in [-0.2, -0.15) is 8.75 Å². The summed E-state index contributed by atoms with van der Waals surface area (Å²) in [7, 11) is 0. The second kappa shape index (κ2) is 3.98. The molecule has 5 nitrogen and oxygen atoms in total. The van der Waals surface area contributed by atoms with Crippen molar-refractivity contribution in [2.75, 3.05) is 24.6 Å². The van der Waals surface area contributed by atoms with Crippen molar-refractivity contribution < 1.29 is 10.2 Å². The third-order valence-corrected chi connectivity index (χ3v) is 3.25.